The van der Waals surface area contributed by atoms with Crippen molar-refractivity contribution in [3.8, 4) is 0 Å². The van der Waals surface area contributed by atoms with E-state index < -0.39 is 11.9 Å². The Morgan fingerprint density at radius 1 is 0.950 bits per heavy atom. The molecule has 6 heteroatoms. The summed E-state index contributed by atoms with van der Waals surface area (Å²) in [5.74, 6) is -1.67. The van der Waals surface area contributed by atoms with Crippen LogP contribution in [0.4, 0.5) is 0 Å². The number of carboxylic acids is 1. The standard InChI is InChI=1S/C14H9N3O3/c18-13(9-5-1-2-6-10(9)14(19)20)17-12-8-4-3-7-11(12)15-16-17/h1-8H,(H,19,20). The lowest BCUT2D eigenvalue weighted by atomic mass is 10.1. The minimum atomic E-state index is -1.15. The van der Waals surface area contributed by atoms with Crippen LogP contribution in [0.3, 0.4) is 0 Å². The number of rotatable bonds is 2. The molecular formula is C14H9N3O3. The van der Waals surface area contributed by atoms with Crippen LogP contribution in [0.1, 0.15) is 20.7 Å². The highest BCUT2D eigenvalue weighted by Gasteiger charge is 2.19. The van der Waals surface area contributed by atoms with Crippen LogP contribution in [0.2, 0.25) is 0 Å². The van der Waals surface area contributed by atoms with Gasteiger partial charge in [-0.15, -0.1) is 5.10 Å². The van der Waals surface area contributed by atoms with Gasteiger partial charge in [0.15, 0.2) is 0 Å². The zero-order valence-electron chi connectivity index (χ0n) is 10.2. The van der Waals surface area contributed by atoms with Crippen LogP contribution in [0.5, 0.6) is 0 Å². The van der Waals surface area contributed by atoms with E-state index in [2.05, 4.69) is 10.3 Å². The van der Waals surface area contributed by atoms with E-state index in [9.17, 15) is 9.59 Å². The molecule has 0 amide bonds. The van der Waals surface area contributed by atoms with Crippen LogP contribution in [-0.2, 0) is 0 Å². The summed E-state index contributed by atoms with van der Waals surface area (Å²) in [6.07, 6.45) is 0. The molecule has 0 radical (unpaired) electrons. The van der Waals surface area contributed by atoms with Gasteiger partial charge >= 0.3 is 5.97 Å². The normalized spacial score (nSPS) is 10.6. The summed E-state index contributed by atoms with van der Waals surface area (Å²) in [6, 6.07) is 13.0. The van der Waals surface area contributed by atoms with Gasteiger partial charge in [0, 0.05) is 0 Å². The Labute approximate surface area is 113 Å². The van der Waals surface area contributed by atoms with Crippen molar-refractivity contribution >= 4 is 22.9 Å². The van der Waals surface area contributed by atoms with E-state index in [0.717, 1.165) is 4.68 Å². The fourth-order valence-electron chi connectivity index (χ4n) is 1.99. The van der Waals surface area contributed by atoms with Gasteiger partial charge in [-0.25, -0.2) is 4.79 Å². The summed E-state index contributed by atoms with van der Waals surface area (Å²) in [5.41, 5.74) is 1.14. The maximum absolute atomic E-state index is 12.4. The zero-order valence-corrected chi connectivity index (χ0v) is 10.2. The molecule has 6 nitrogen and oxygen atoms in total. The average molecular weight is 267 g/mol. The molecule has 1 N–H and O–H groups in total. The fraction of sp³-hybridized carbons (Fsp3) is 0. The van der Waals surface area contributed by atoms with Crippen molar-refractivity contribution in [2.45, 2.75) is 0 Å². The summed E-state index contributed by atoms with van der Waals surface area (Å²) in [4.78, 5) is 23.6. The number of carboxylic acid groups (broad SMARTS) is 1. The maximum atomic E-state index is 12.4. The fourth-order valence-corrected chi connectivity index (χ4v) is 1.99. The van der Waals surface area contributed by atoms with Crippen molar-refractivity contribution in [1.82, 2.24) is 15.0 Å². The minimum absolute atomic E-state index is 0.0583. The van der Waals surface area contributed by atoms with E-state index in [1.165, 1.54) is 12.1 Å². The van der Waals surface area contributed by atoms with E-state index in [-0.39, 0.29) is 11.1 Å². The van der Waals surface area contributed by atoms with Crippen LogP contribution in [-0.4, -0.2) is 32.0 Å². The molecule has 3 rings (SSSR count). The second kappa shape index (κ2) is 4.58. The smallest absolute Gasteiger partial charge is 0.336 e. The molecule has 0 saturated carbocycles. The van der Waals surface area contributed by atoms with Gasteiger partial charge in [-0.05, 0) is 24.3 Å². The van der Waals surface area contributed by atoms with Crippen LogP contribution in [0, 0.1) is 0 Å². The molecule has 2 aromatic carbocycles. The van der Waals surface area contributed by atoms with Gasteiger partial charge in [0.1, 0.15) is 5.52 Å². The molecule has 3 aromatic rings. The molecule has 0 fully saturated rings. The molecule has 0 aliphatic rings. The first-order valence-electron chi connectivity index (χ1n) is 5.86. The number of aromatic carboxylic acids is 1. The molecule has 1 aromatic heterocycles. The number of fused-ring (bicyclic) bond motifs is 1. The van der Waals surface area contributed by atoms with Crippen LogP contribution >= 0.6 is 0 Å². The number of para-hydroxylation sites is 1. The van der Waals surface area contributed by atoms with Crippen molar-refractivity contribution < 1.29 is 14.7 Å². The summed E-state index contributed by atoms with van der Waals surface area (Å²) in [5, 5.41) is 16.8. The molecule has 20 heavy (non-hydrogen) atoms. The molecule has 0 unspecified atom stereocenters. The summed E-state index contributed by atoms with van der Waals surface area (Å²) >= 11 is 0. The molecule has 0 bridgehead atoms. The Bertz CT molecular complexity index is 823. The molecular weight excluding hydrogens is 258 g/mol. The van der Waals surface area contributed by atoms with Crippen molar-refractivity contribution in [2.24, 2.45) is 0 Å². The van der Waals surface area contributed by atoms with Gasteiger partial charge in [-0.3, -0.25) is 4.79 Å². The highest BCUT2D eigenvalue weighted by molar-refractivity contribution is 6.07. The van der Waals surface area contributed by atoms with E-state index in [1.54, 1.807) is 36.4 Å². The Kier molecular flexibility index (Phi) is 2.76. The quantitative estimate of drug-likeness (QED) is 0.765. The van der Waals surface area contributed by atoms with Gasteiger partial charge < -0.3 is 5.11 Å². The first-order chi connectivity index (χ1) is 9.68. The van der Waals surface area contributed by atoms with Gasteiger partial charge in [0.2, 0.25) is 0 Å². The Morgan fingerprint density at radius 2 is 1.60 bits per heavy atom. The van der Waals surface area contributed by atoms with Gasteiger partial charge in [-0.2, -0.15) is 4.68 Å². The SMILES string of the molecule is O=C(O)c1ccccc1C(=O)n1nnc2ccccc21. The molecule has 1 heterocycles. The molecule has 0 saturated heterocycles. The van der Waals surface area contributed by atoms with Gasteiger partial charge in [0.05, 0.1) is 16.6 Å². The number of benzene rings is 2. The lowest BCUT2D eigenvalue weighted by Gasteiger charge is -2.04. The maximum Gasteiger partial charge on any atom is 0.336 e. The summed E-state index contributed by atoms with van der Waals surface area (Å²) < 4.78 is 1.11. The Balaban J connectivity index is 2.16. The first kappa shape index (κ1) is 12.0. The minimum Gasteiger partial charge on any atom is -0.478 e. The van der Waals surface area contributed by atoms with Gasteiger partial charge in [-0.1, -0.05) is 29.5 Å². The predicted molar refractivity (Wildman–Crippen MR) is 70.7 cm³/mol. The van der Waals surface area contributed by atoms with E-state index >= 15 is 0 Å². The number of aromatic nitrogens is 3. The molecule has 0 aliphatic carbocycles. The average Bonchev–Trinajstić information content (AvgIpc) is 2.90. The zero-order chi connectivity index (χ0) is 14.1. The van der Waals surface area contributed by atoms with Crippen LogP contribution in [0.15, 0.2) is 48.5 Å². The molecule has 0 spiro atoms. The van der Waals surface area contributed by atoms with E-state index in [1.807, 2.05) is 0 Å². The first-order valence-corrected chi connectivity index (χ1v) is 5.86. The number of carbonyl (C=O) groups is 2. The summed E-state index contributed by atoms with van der Waals surface area (Å²) in [6.45, 7) is 0. The topological polar surface area (TPSA) is 85.1 Å². The van der Waals surface area contributed by atoms with E-state index in [0.29, 0.717) is 11.0 Å². The van der Waals surface area contributed by atoms with Crippen molar-refractivity contribution in [2.75, 3.05) is 0 Å². The predicted octanol–water partition coefficient (Wildman–Crippen LogP) is 1.82. The number of hydrogen-bond acceptors (Lipinski definition) is 4. The molecule has 0 atom stereocenters. The highest BCUT2D eigenvalue weighted by atomic mass is 16.4. The third kappa shape index (κ3) is 1.83. The molecule has 98 valence electrons. The highest BCUT2D eigenvalue weighted by Crippen LogP contribution is 2.15. The number of hydrogen-bond donors (Lipinski definition) is 1. The van der Waals surface area contributed by atoms with Crippen LogP contribution in [0.25, 0.3) is 11.0 Å². The second-order valence-electron chi connectivity index (χ2n) is 4.15. The number of nitrogens with zero attached hydrogens (tertiary/aromatic N) is 3. The monoisotopic (exact) mass is 267 g/mol. The van der Waals surface area contributed by atoms with Crippen molar-refractivity contribution in [3.63, 3.8) is 0 Å². The third-order valence-electron chi connectivity index (χ3n) is 2.93. The summed E-state index contributed by atoms with van der Waals surface area (Å²) in [7, 11) is 0. The lowest BCUT2D eigenvalue weighted by Crippen LogP contribution is -2.17. The second-order valence-corrected chi connectivity index (χ2v) is 4.15. The lowest BCUT2D eigenvalue weighted by molar-refractivity contribution is 0.0691. The Hall–Kier alpha value is -3.02. The van der Waals surface area contributed by atoms with Crippen LogP contribution < -0.4 is 0 Å². The molecule has 0 aliphatic heterocycles. The Morgan fingerprint density at radius 3 is 2.35 bits per heavy atom. The van der Waals surface area contributed by atoms with Crippen molar-refractivity contribution in [3.05, 3.63) is 59.7 Å². The van der Waals surface area contributed by atoms with Crippen molar-refractivity contribution in [1.29, 1.82) is 0 Å². The van der Waals surface area contributed by atoms with E-state index in [4.69, 9.17) is 5.11 Å². The number of carbonyl (C=O) groups excluding carboxylic acids is 1. The largest absolute Gasteiger partial charge is 0.478 e. The van der Waals surface area contributed by atoms with Gasteiger partial charge in [0.25, 0.3) is 5.91 Å². The third-order valence-corrected chi connectivity index (χ3v) is 2.93.